The molecule has 4 nitrogen and oxygen atoms in total. The molecule has 0 saturated heterocycles. The van der Waals surface area contributed by atoms with Crippen LogP contribution in [0.15, 0.2) is 54.9 Å². The third kappa shape index (κ3) is 3.46. The Morgan fingerprint density at radius 2 is 1.88 bits per heavy atom. The molecule has 5 heteroatoms. The lowest BCUT2D eigenvalue weighted by atomic mass is 10.3. The predicted molar refractivity (Wildman–Crippen MR) is 66.5 cm³/mol. The van der Waals surface area contributed by atoms with Crippen molar-refractivity contribution in [2.24, 2.45) is 0 Å². The molecule has 2 rings (SSSR count). The maximum absolute atomic E-state index is 11.6. The average Bonchev–Trinajstić information content (AvgIpc) is 2.30. The van der Waals surface area contributed by atoms with Crippen LogP contribution in [0.2, 0.25) is 5.02 Å². The van der Waals surface area contributed by atoms with Gasteiger partial charge in [0, 0.05) is 22.8 Å². The number of amides is 2. The highest BCUT2D eigenvalue weighted by molar-refractivity contribution is 6.30. The van der Waals surface area contributed by atoms with E-state index in [9.17, 15) is 4.79 Å². The van der Waals surface area contributed by atoms with Gasteiger partial charge < -0.3 is 5.32 Å². The van der Waals surface area contributed by atoms with Crippen LogP contribution < -0.4 is 15.4 Å². The van der Waals surface area contributed by atoms with Crippen molar-refractivity contribution in [2.75, 3.05) is 10.7 Å². The van der Waals surface area contributed by atoms with Gasteiger partial charge in [-0.3, -0.25) is 0 Å². The van der Waals surface area contributed by atoms with E-state index in [1.54, 1.807) is 41.3 Å². The van der Waals surface area contributed by atoms with Crippen LogP contribution in [0.5, 0.6) is 0 Å². The zero-order valence-corrected chi connectivity index (χ0v) is 9.69. The van der Waals surface area contributed by atoms with Crippen LogP contribution >= 0.6 is 11.6 Å². The van der Waals surface area contributed by atoms with Gasteiger partial charge in [0.15, 0.2) is 12.4 Å². The summed E-state index contributed by atoms with van der Waals surface area (Å²) in [7, 11) is 0. The van der Waals surface area contributed by atoms with Crippen LogP contribution in [-0.2, 0) is 0 Å². The predicted octanol–water partition coefficient (Wildman–Crippen LogP) is 2.40. The second-order valence-corrected chi connectivity index (χ2v) is 3.80. The molecule has 0 fully saturated rings. The molecule has 0 unspecified atom stereocenters. The number of benzene rings is 1. The molecule has 0 atom stereocenters. The highest BCUT2D eigenvalue weighted by Gasteiger charge is 2.06. The summed E-state index contributed by atoms with van der Waals surface area (Å²) in [5.74, 6) is 0. The molecule has 1 aromatic heterocycles. The largest absolute Gasteiger partial charge is 0.372 e. The molecule has 0 bridgehead atoms. The lowest BCUT2D eigenvalue weighted by molar-refractivity contribution is -0.641. The Hall–Kier alpha value is -2.07. The normalized spacial score (nSPS) is 9.71. The van der Waals surface area contributed by atoms with E-state index in [0.717, 1.165) is 0 Å². The maximum Gasteiger partial charge on any atom is 0.372 e. The highest BCUT2D eigenvalue weighted by Crippen LogP contribution is 2.14. The van der Waals surface area contributed by atoms with E-state index in [4.69, 9.17) is 11.6 Å². The van der Waals surface area contributed by atoms with Crippen molar-refractivity contribution in [1.82, 2.24) is 0 Å². The fourth-order valence-corrected chi connectivity index (χ4v) is 1.51. The van der Waals surface area contributed by atoms with Crippen LogP contribution in [0.4, 0.5) is 10.5 Å². The summed E-state index contributed by atoms with van der Waals surface area (Å²) in [6.07, 6.45) is 3.47. The number of halogens is 1. The van der Waals surface area contributed by atoms with E-state index in [2.05, 4.69) is 10.7 Å². The molecule has 1 aromatic carbocycles. The number of nitrogens with one attached hydrogen (secondary N) is 2. The number of aromatic nitrogens is 1. The van der Waals surface area contributed by atoms with Crippen LogP contribution in [0.25, 0.3) is 0 Å². The van der Waals surface area contributed by atoms with Crippen molar-refractivity contribution in [3.8, 4) is 0 Å². The van der Waals surface area contributed by atoms with Crippen LogP contribution in [-0.4, -0.2) is 6.03 Å². The summed E-state index contributed by atoms with van der Waals surface area (Å²) < 4.78 is 1.56. The number of pyridine rings is 1. The van der Waals surface area contributed by atoms with Gasteiger partial charge in [-0.2, -0.15) is 0 Å². The second kappa shape index (κ2) is 5.32. The van der Waals surface area contributed by atoms with Gasteiger partial charge in [-0.05, 0) is 18.2 Å². The Labute approximate surface area is 104 Å². The van der Waals surface area contributed by atoms with Crippen molar-refractivity contribution >= 4 is 23.3 Å². The van der Waals surface area contributed by atoms with Crippen LogP contribution in [0.3, 0.4) is 0 Å². The molecule has 0 spiro atoms. The first kappa shape index (κ1) is 11.4. The van der Waals surface area contributed by atoms with Crippen molar-refractivity contribution in [1.29, 1.82) is 0 Å². The lowest BCUT2D eigenvalue weighted by Crippen LogP contribution is -2.49. The van der Waals surface area contributed by atoms with Crippen LogP contribution in [0.1, 0.15) is 0 Å². The molecule has 0 aliphatic heterocycles. The third-order valence-electron chi connectivity index (χ3n) is 2.03. The molecule has 2 aromatic rings. The summed E-state index contributed by atoms with van der Waals surface area (Å²) in [6, 6.07) is 12.1. The summed E-state index contributed by atoms with van der Waals surface area (Å²) in [4.78, 5) is 11.6. The number of hydrogen-bond acceptors (Lipinski definition) is 1. The van der Waals surface area contributed by atoms with Crippen molar-refractivity contribution < 1.29 is 9.47 Å². The average molecular weight is 249 g/mol. The Morgan fingerprint density at radius 3 is 2.59 bits per heavy atom. The minimum Gasteiger partial charge on any atom is -0.304 e. The van der Waals surface area contributed by atoms with Crippen LogP contribution in [0, 0.1) is 0 Å². The first-order valence-corrected chi connectivity index (χ1v) is 5.42. The first-order chi connectivity index (χ1) is 8.24. The second-order valence-electron chi connectivity index (χ2n) is 3.36. The minimum absolute atomic E-state index is 0.330. The Kier molecular flexibility index (Phi) is 3.57. The van der Waals surface area contributed by atoms with Crippen molar-refractivity contribution in [3.63, 3.8) is 0 Å². The summed E-state index contributed by atoms with van der Waals surface area (Å²) in [5.41, 5.74) is 3.28. The molecular weight excluding hydrogens is 238 g/mol. The minimum atomic E-state index is -0.330. The molecule has 86 valence electrons. The molecule has 0 saturated carbocycles. The highest BCUT2D eigenvalue weighted by atomic mass is 35.5. The van der Waals surface area contributed by atoms with Gasteiger partial charge in [0.1, 0.15) is 0 Å². The number of carbonyl (C=O) groups excluding carboxylic acids is 1. The Morgan fingerprint density at radius 1 is 1.12 bits per heavy atom. The van der Waals surface area contributed by atoms with Crippen molar-refractivity contribution in [3.05, 3.63) is 59.9 Å². The zero-order valence-electron chi connectivity index (χ0n) is 8.93. The molecule has 17 heavy (non-hydrogen) atoms. The topological polar surface area (TPSA) is 45.0 Å². The molecule has 1 heterocycles. The maximum atomic E-state index is 11.6. The van der Waals surface area contributed by atoms with E-state index >= 15 is 0 Å². The van der Waals surface area contributed by atoms with Gasteiger partial charge in [-0.15, -0.1) is 5.43 Å². The fraction of sp³-hybridized carbons (Fsp3) is 0. The van der Waals surface area contributed by atoms with E-state index in [0.29, 0.717) is 10.7 Å². The van der Waals surface area contributed by atoms with E-state index in [1.807, 2.05) is 18.2 Å². The number of anilines is 1. The molecule has 2 amide bonds. The number of nitrogens with zero attached hydrogens (tertiary/aromatic N) is 1. The summed E-state index contributed by atoms with van der Waals surface area (Å²) in [5, 5.41) is 3.25. The standard InChI is InChI=1S/C12H10ClN3O/c13-10-5-4-6-11(9-10)14-12(17)15-16-7-2-1-3-8-16/h1-9H,(H-,14,15,17)/p+1. The number of rotatable bonds is 2. The zero-order chi connectivity index (χ0) is 12.1. The van der Waals surface area contributed by atoms with Gasteiger partial charge >= 0.3 is 6.03 Å². The monoisotopic (exact) mass is 248 g/mol. The number of carbonyl (C=O) groups is 1. The smallest absolute Gasteiger partial charge is 0.304 e. The third-order valence-corrected chi connectivity index (χ3v) is 2.26. The number of urea groups is 1. The Bertz CT molecular complexity index is 516. The van der Waals surface area contributed by atoms with Gasteiger partial charge in [0.2, 0.25) is 0 Å². The van der Waals surface area contributed by atoms with E-state index < -0.39 is 0 Å². The molecule has 0 radical (unpaired) electrons. The molecule has 0 aliphatic carbocycles. The molecule has 0 aliphatic rings. The van der Waals surface area contributed by atoms with Gasteiger partial charge in [-0.25, -0.2) is 4.79 Å². The van der Waals surface area contributed by atoms with E-state index in [-0.39, 0.29) is 6.03 Å². The van der Waals surface area contributed by atoms with Crippen molar-refractivity contribution in [2.45, 2.75) is 0 Å². The van der Waals surface area contributed by atoms with Gasteiger partial charge in [-0.1, -0.05) is 28.4 Å². The first-order valence-electron chi connectivity index (χ1n) is 5.04. The summed E-state index contributed by atoms with van der Waals surface area (Å²) >= 11 is 5.81. The molecular formula is C12H11ClN3O+. The molecule has 2 N–H and O–H groups in total. The number of hydrogen-bond donors (Lipinski definition) is 2. The SMILES string of the molecule is O=C(Nc1cccc(Cl)c1)N[n+]1ccccc1. The van der Waals surface area contributed by atoms with E-state index in [1.165, 1.54) is 0 Å². The Balaban J connectivity index is 1.98. The van der Waals surface area contributed by atoms with Gasteiger partial charge in [0.05, 0.1) is 0 Å². The fourth-order valence-electron chi connectivity index (χ4n) is 1.32. The quantitative estimate of drug-likeness (QED) is 0.788. The lowest BCUT2D eigenvalue weighted by Gasteiger charge is -2.03. The van der Waals surface area contributed by atoms with Gasteiger partial charge in [0.25, 0.3) is 0 Å². The summed E-state index contributed by atoms with van der Waals surface area (Å²) in [6.45, 7) is 0.